The molecule has 25 heavy (non-hydrogen) atoms. The maximum Gasteiger partial charge on any atom is 0.350 e. The SMILES string of the molecule is CCOC(=O)c1sc(NC(=O)C2CC2c2ccc(OC)cc2)nc1C. The predicted octanol–water partition coefficient (Wildman–Crippen LogP) is 3.38. The van der Waals surface area contributed by atoms with Crippen LogP contribution in [0.25, 0.3) is 0 Å². The number of anilines is 1. The van der Waals surface area contributed by atoms with E-state index in [4.69, 9.17) is 9.47 Å². The fourth-order valence-electron chi connectivity index (χ4n) is 2.74. The maximum absolute atomic E-state index is 12.4. The number of nitrogens with one attached hydrogen (secondary N) is 1. The van der Waals surface area contributed by atoms with Crippen LogP contribution in [0, 0.1) is 12.8 Å². The van der Waals surface area contributed by atoms with Crippen LogP contribution in [0.1, 0.15) is 40.2 Å². The highest BCUT2D eigenvalue weighted by atomic mass is 32.1. The number of aryl methyl sites for hydroxylation is 1. The van der Waals surface area contributed by atoms with Crippen LogP contribution in [0.15, 0.2) is 24.3 Å². The van der Waals surface area contributed by atoms with E-state index in [1.807, 2.05) is 24.3 Å². The van der Waals surface area contributed by atoms with Crippen LogP contribution in [0.5, 0.6) is 5.75 Å². The van der Waals surface area contributed by atoms with Gasteiger partial charge in [0, 0.05) is 5.92 Å². The van der Waals surface area contributed by atoms with Gasteiger partial charge in [0.15, 0.2) is 5.13 Å². The largest absolute Gasteiger partial charge is 0.497 e. The Morgan fingerprint density at radius 1 is 1.32 bits per heavy atom. The summed E-state index contributed by atoms with van der Waals surface area (Å²) in [7, 11) is 1.63. The Morgan fingerprint density at radius 3 is 2.68 bits per heavy atom. The minimum Gasteiger partial charge on any atom is -0.497 e. The molecular formula is C18H20N2O4S. The lowest BCUT2D eigenvalue weighted by molar-refractivity contribution is -0.117. The molecule has 0 bridgehead atoms. The molecule has 1 aromatic carbocycles. The van der Waals surface area contributed by atoms with Gasteiger partial charge in [0.2, 0.25) is 5.91 Å². The topological polar surface area (TPSA) is 77.5 Å². The van der Waals surface area contributed by atoms with Crippen LogP contribution in [-0.2, 0) is 9.53 Å². The van der Waals surface area contributed by atoms with Crippen molar-refractivity contribution in [3.8, 4) is 5.75 Å². The first kappa shape index (κ1) is 17.4. The molecule has 2 unspecified atom stereocenters. The molecular weight excluding hydrogens is 340 g/mol. The van der Waals surface area contributed by atoms with Gasteiger partial charge in [-0.2, -0.15) is 0 Å². The molecule has 1 aliphatic rings. The zero-order valence-corrected chi connectivity index (χ0v) is 15.2. The summed E-state index contributed by atoms with van der Waals surface area (Å²) in [5.74, 6) is 0.487. The van der Waals surface area contributed by atoms with E-state index in [9.17, 15) is 9.59 Å². The van der Waals surface area contributed by atoms with Gasteiger partial charge in [-0.25, -0.2) is 9.78 Å². The molecule has 0 aliphatic heterocycles. The highest BCUT2D eigenvalue weighted by molar-refractivity contribution is 7.17. The number of carbonyl (C=O) groups excluding carboxylic acids is 2. The van der Waals surface area contributed by atoms with Gasteiger partial charge in [-0.3, -0.25) is 4.79 Å². The van der Waals surface area contributed by atoms with Crippen LogP contribution in [0.2, 0.25) is 0 Å². The molecule has 1 aliphatic carbocycles. The van der Waals surface area contributed by atoms with Crippen molar-refractivity contribution in [2.45, 2.75) is 26.2 Å². The zero-order valence-electron chi connectivity index (χ0n) is 14.4. The Kier molecular flexibility index (Phi) is 5.03. The summed E-state index contributed by atoms with van der Waals surface area (Å²) in [5.41, 5.74) is 1.70. The van der Waals surface area contributed by atoms with Crippen LogP contribution in [-0.4, -0.2) is 30.6 Å². The van der Waals surface area contributed by atoms with Crippen LogP contribution >= 0.6 is 11.3 Å². The monoisotopic (exact) mass is 360 g/mol. The molecule has 0 saturated heterocycles. The fourth-order valence-corrected chi connectivity index (χ4v) is 3.60. The number of benzene rings is 1. The van der Waals surface area contributed by atoms with Gasteiger partial charge in [0.25, 0.3) is 0 Å². The van der Waals surface area contributed by atoms with Crippen LogP contribution < -0.4 is 10.1 Å². The third-order valence-electron chi connectivity index (χ3n) is 4.16. The molecule has 1 N–H and O–H groups in total. The molecule has 6 nitrogen and oxygen atoms in total. The molecule has 7 heteroatoms. The van der Waals surface area contributed by atoms with Crippen molar-refractivity contribution in [1.82, 2.24) is 4.98 Å². The highest BCUT2D eigenvalue weighted by Crippen LogP contribution is 2.48. The quantitative estimate of drug-likeness (QED) is 0.799. The van der Waals surface area contributed by atoms with Crippen LogP contribution in [0.4, 0.5) is 5.13 Å². The highest BCUT2D eigenvalue weighted by Gasteiger charge is 2.44. The Labute approximate surface area is 150 Å². The van der Waals surface area contributed by atoms with E-state index in [2.05, 4.69) is 10.3 Å². The molecule has 1 saturated carbocycles. The Morgan fingerprint density at radius 2 is 2.04 bits per heavy atom. The van der Waals surface area contributed by atoms with Gasteiger partial charge in [0.1, 0.15) is 10.6 Å². The molecule has 0 radical (unpaired) electrons. The van der Waals surface area contributed by atoms with Crippen LogP contribution in [0.3, 0.4) is 0 Å². The van der Waals surface area contributed by atoms with Gasteiger partial charge in [-0.1, -0.05) is 23.5 Å². The summed E-state index contributed by atoms with van der Waals surface area (Å²) in [6.45, 7) is 3.79. The number of amides is 1. The van der Waals surface area contributed by atoms with Crippen molar-refractivity contribution < 1.29 is 19.1 Å². The standard InChI is InChI=1S/C18H20N2O4S/c1-4-24-17(22)15-10(2)19-18(25-15)20-16(21)14-9-13(14)11-5-7-12(23-3)8-6-11/h5-8,13-14H,4,9H2,1-3H3,(H,19,20,21). The molecule has 1 aromatic heterocycles. The minimum absolute atomic E-state index is 0.0648. The average molecular weight is 360 g/mol. The minimum atomic E-state index is -0.402. The number of hydrogen-bond acceptors (Lipinski definition) is 6. The first-order valence-corrected chi connectivity index (χ1v) is 8.94. The van der Waals surface area contributed by atoms with Crippen molar-refractivity contribution in [3.05, 3.63) is 40.4 Å². The number of methoxy groups -OCH3 is 1. The van der Waals surface area contributed by atoms with E-state index >= 15 is 0 Å². The number of esters is 1. The lowest BCUT2D eigenvalue weighted by atomic mass is 10.1. The number of aromatic nitrogens is 1. The molecule has 1 fully saturated rings. The second-order valence-electron chi connectivity index (χ2n) is 5.87. The third-order valence-corrected chi connectivity index (χ3v) is 5.21. The molecule has 132 valence electrons. The second kappa shape index (κ2) is 7.23. The van der Waals surface area contributed by atoms with Crippen molar-refractivity contribution in [1.29, 1.82) is 0 Å². The Bertz CT molecular complexity index is 785. The van der Waals surface area contributed by atoms with E-state index < -0.39 is 5.97 Å². The first-order chi connectivity index (χ1) is 12.0. The van der Waals surface area contributed by atoms with Gasteiger partial charge in [0.05, 0.1) is 19.4 Å². The summed E-state index contributed by atoms with van der Waals surface area (Å²) in [6, 6.07) is 7.78. The van der Waals surface area contributed by atoms with E-state index in [0.29, 0.717) is 22.3 Å². The summed E-state index contributed by atoms with van der Waals surface area (Å²) in [6.07, 6.45) is 0.813. The average Bonchev–Trinajstić information content (AvgIpc) is 3.32. The van der Waals surface area contributed by atoms with Gasteiger partial charge in [-0.15, -0.1) is 0 Å². The van der Waals surface area contributed by atoms with E-state index in [1.165, 1.54) is 0 Å². The maximum atomic E-state index is 12.4. The Balaban J connectivity index is 1.62. The molecule has 1 heterocycles. The lowest BCUT2D eigenvalue weighted by Gasteiger charge is -2.03. The number of hydrogen-bond donors (Lipinski definition) is 1. The zero-order chi connectivity index (χ0) is 18.0. The summed E-state index contributed by atoms with van der Waals surface area (Å²) in [4.78, 5) is 28.9. The first-order valence-electron chi connectivity index (χ1n) is 8.12. The van der Waals surface area contributed by atoms with Gasteiger partial charge < -0.3 is 14.8 Å². The van der Waals surface area contributed by atoms with E-state index in [-0.39, 0.29) is 17.7 Å². The predicted molar refractivity (Wildman–Crippen MR) is 95.3 cm³/mol. The molecule has 2 aromatic rings. The van der Waals surface area contributed by atoms with Gasteiger partial charge >= 0.3 is 5.97 Å². The number of nitrogens with zero attached hydrogens (tertiary/aromatic N) is 1. The molecule has 3 rings (SSSR count). The van der Waals surface area contributed by atoms with Gasteiger partial charge in [-0.05, 0) is 43.9 Å². The smallest absolute Gasteiger partial charge is 0.350 e. The number of carbonyl (C=O) groups is 2. The summed E-state index contributed by atoms with van der Waals surface area (Å²) < 4.78 is 10.1. The molecule has 1 amide bonds. The molecule has 2 atom stereocenters. The fraction of sp³-hybridized carbons (Fsp3) is 0.389. The second-order valence-corrected chi connectivity index (χ2v) is 6.86. The normalized spacial score (nSPS) is 18.5. The Hall–Kier alpha value is -2.41. The third kappa shape index (κ3) is 3.82. The lowest BCUT2D eigenvalue weighted by Crippen LogP contribution is -2.14. The number of rotatable bonds is 6. The van der Waals surface area contributed by atoms with Crippen molar-refractivity contribution >= 4 is 28.3 Å². The number of thiazole rings is 1. The summed E-state index contributed by atoms with van der Waals surface area (Å²) >= 11 is 1.15. The van der Waals surface area contributed by atoms with Crippen molar-refractivity contribution in [2.75, 3.05) is 19.0 Å². The van der Waals surface area contributed by atoms with E-state index in [0.717, 1.165) is 29.1 Å². The van der Waals surface area contributed by atoms with E-state index in [1.54, 1.807) is 21.0 Å². The molecule has 0 spiro atoms. The number of ether oxygens (including phenoxy) is 2. The van der Waals surface area contributed by atoms with Crippen molar-refractivity contribution in [3.63, 3.8) is 0 Å². The van der Waals surface area contributed by atoms with Crippen molar-refractivity contribution in [2.24, 2.45) is 5.92 Å². The summed E-state index contributed by atoms with van der Waals surface area (Å²) in [5, 5.41) is 3.26.